The fourth-order valence-electron chi connectivity index (χ4n) is 4.02. The van der Waals surface area contributed by atoms with Crippen molar-refractivity contribution in [3.05, 3.63) is 47.1 Å². The second-order valence-electron chi connectivity index (χ2n) is 8.84. The highest BCUT2D eigenvalue weighted by Crippen LogP contribution is 2.43. The van der Waals surface area contributed by atoms with Gasteiger partial charge in [0.2, 0.25) is 0 Å². The lowest BCUT2D eigenvalue weighted by Crippen LogP contribution is -2.33. The van der Waals surface area contributed by atoms with Crippen molar-refractivity contribution in [2.45, 2.75) is 65.9 Å². The van der Waals surface area contributed by atoms with E-state index < -0.39 is 17.5 Å². The number of carbonyl (C=O) groups excluding carboxylic acids is 2. The monoisotopic (exact) mass is 428 g/mol. The van der Waals surface area contributed by atoms with Gasteiger partial charge in [0, 0.05) is 12.0 Å². The van der Waals surface area contributed by atoms with E-state index in [1.807, 2.05) is 13.8 Å². The number of allylic oxidation sites excluding steroid dienone is 4. The highest BCUT2D eigenvalue weighted by atomic mass is 16.6. The smallest absolute Gasteiger partial charge is 0.317 e. The third-order valence-corrected chi connectivity index (χ3v) is 6.23. The summed E-state index contributed by atoms with van der Waals surface area (Å²) in [7, 11) is 3.05. The van der Waals surface area contributed by atoms with E-state index in [1.165, 1.54) is 18.3 Å². The number of cyclic esters (lactones) is 1. The summed E-state index contributed by atoms with van der Waals surface area (Å²) < 4.78 is 16.3. The summed E-state index contributed by atoms with van der Waals surface area (Å²) >= 11 is 0. The molecule has 1 aliphatic heterocycles. The predicted octanol–water partition coefficient (Wildman–Crippen LogP) is 5.93. The molecule has 0 unspecified atom stereocenters. The van der Waals surface area contributed by atoms with Crippen molar-refractivity contribution in [2.24, 2.45) is 11.8 Å². The Labute approximate surface area is 186 Å². The molecule has 0 saturated carbocycles. The quantitative estimate of drug-likeness (QED) is 0.200. The van der Waals surface area contributed by atoms with Crippen LogP contribution < -0.4 is 9.47 Å². The summed E-state index contributed by atoms with van der Waals surface area (Å²) in [6, 6.07) is 5.00. The van der Waals surface area contributed by atoms with Crippen molar-refractivity contribution in [1.82, 2.24) is 0 Å². The van der Waals surface area contributed by atoms with Crippen LogP contribution in [0.15, 0.2) is 41.5 Å². The molecule has 0 amide bonds. The fraction of sp³-hybridized carbons (Fsp3) is 0.538. The van der Waals surface area contributed by atoms with Gasteiger partial charge in [-0.05, 0) is 65.5 Å². The summed E-state index contributed by atoms with van der Waals surface area (Å²) in [5.74, 6) is -0.815. The second kappa shape index (κ2) is 10.7. The molecule has 1 heterocycles. The molecular weight excluding hydrogens is 392 g/mol. The number of ketones is 1. The predicted molar refractivity (Wildman–Crippen MR) is 123 cm³/mol. The zero-order valence-corrected chi connectivity index (χ0v) is 19.9. The van der Waals surface area contributed by atoms with E-state index in [1.54, 1.807) is 25.3 Å². The lowest BCUT2D eigenvalue weighted by atomic mass is 9.77. The highest BCUT2D eigenvalue weighted by Gasteiger charge is 2.53. The van der Waals surface area contributed by atoms with Gasteiger partial charge in [0.25, 0.3) is 0 Å². The van der Waals surface area contributed by atoms with E-state index >= 15 is 0 Å². The molecule has 3 atom stereocenters. The lowest BCUT2D eigenvalue weighted by Gasteiger charge is -2.28. The van der Waals surface area contributed by atoms with Gasteiger partial charge in [-0.3, -0.25) is 9.59 Å². The minimum absolute atomic E-state index is 0.237. The van der Waals surface area contributed by atoms with Crippen molar-refractivity contribution < 1.29 is 23.8 Å². The maximum atomic E-state index is 13.3. The maximum absolute atomic E-state index is 13.3. The molecule has 5 nitrogen and oxygen atoms in total. The summed E-state index contributed by atoms with van der Waals surface area (Å²) in [4.78, 5) is 26.0. The molecule has 31 heavy (non-hydrogen) atoms. The molecule has 0 radical (unpaired) electrons. The van der Waals surface area contributed by atoms with Gasteiger partial charge in [-0.15, -0.1) is 0 Å². The van der Waals surface area contributed by atoms with Crippen LogP contribution in [0.1, 0.15) is 70.7 Å². The molecule has 1 aromatic carbocycles. The third kappa shape index (κ3) is 5.99. The standard InChI is InChI=1S/C26H36O5/c1-17(2)10-8-11-18(3)12-9-15-26(5)19(4)23(25(28)31-26)24(27)21-14-13-20(29-6)16-22(21)30-7/h10,12-14,16,19,23H,8-9,11,15H2,1-7H3/b18-12+/t19-,23+,26-/m1/s1. The molecule has 2 rings (SSSR count). The van der Waals surface area contributed by atoms with Crippen molar-refractivity contribution in [3.8, 4) is 11.5 Å². The van der Waals surface area contributed by atoms with E-state index in [9.17, 15) is 9.59 Å². The Morgan fingerprint density at radius 1 is 1.13 bits per heavy atom. The topological polar surface area (TPSA) is 61.8 Å². The first-order valence-corrected chi connectivity index (χ1v) is 10.9. The average Bonchev–Trinajstić information content (AvgIpc) is 2.94. The molecule has 1 fully saturated rings. The van der Waals surface area contributed by atoms with E-state index in [2.05, 4.69) is 32.9 Å². The first-order valence-electron chi connectivity index (χ1n) is 10.9. The molecule has 1 aromatic rings. The number of benzene rings is 1. The molecular formula is C26H36O5. The van der Waals surface area contributed by atoms with Gasteiger partial charge in [0.05, 0.1) is 19.8 Å². The Hall–Kier alpha value is -2.56. The molecule has 0 aromatic heterocycles. The Bertz CT molecular complexity index is 863. The largest absolute Gasteiger partial charge is 0.497 e. The molecule has 0 spiro atoms. The minimum atomic E-state index is -0.838. The van der Waals surface area contributed by atoms with Gasteiger partial charge in [-0.25, -0.2) is 0 Å². The van der Waals surface area contributed by atoms with Crippen molar-refractivity contribution in [2.75, 3.05) is 14.2 Å². The molecule has 0 bridgehead atoms. The van der Waals surface area contributed by atoms with E-state index in [-0.39, 0.29) is 11.7 Å². The van der Waals surface area contributed by atoms with Crippen LogP contribution in [0, 0.1) is 11.8 Å². The molecule has 5 heteroatoms. The number of Topliss-reactive ketones (excluding diaryl/α,β-unsaturated/α-hetero) is 1. The number of rotatable bonds is 10. The van der Waals surface area contributed by atoms with Crippen LogP contribution in [0.5, 0.6) is 11.5 Å². The normalized spacial score (nSPS) is 23.3. The van der Waals surface area contributed by atoms with Gasteiger partial charge in [-0.2, -0.15) is 0 Å². The first kappa shape index (κ1) is 24.7. The molecule has 0 N–H and O–H groups in total. The Morgan fingerprint density at radius 2 is 1.84 bits per heavy atom. The van der Waals surface area contributed by atoms with E-state index in [0.29, 0.717) is 23.5 Å². The number of methoxy groups -OCH3 is 2. The van der Waals surface area contributed by atoms with Crippen molar-refractivity contribution in [3.63, 3.8) is 0 Å². The Morgan fingerprint density at radius 3 is 2.45 bits per heavy atom. The van der Waals surface area contributed by atoms with E-state index in [4.69, 9.17) is 14.2 Å². The van der Waals surface area contributed by atoms with Crippen LogP contribution >= 0.6 is 0 Å². The van der Waals surface area contributed by atoms with Crippen LogP contribution in [-0.2, 0) is 9.53 Å². The van der Waals surface area contributed by atoms with Gasteiger partial charge >= 0.3 is 5.97 Å². The van der Waals surface area contributed by atoms with Gasteiger partial charge < -0.3 is 14.2 Å². The number of hydrogen-bond acceptors (Lipinski definition) is 5. The zero-order chi connectivity index (χ0) is 23.2. The average molecular weight is 429 g/mol. The molecule has 1 aliphatic rings. The number of carbonyl (C=O) groups is 2. The van der Waals surface area contributed by atoms with Gasteiger partial charge in [0.15, 0.2) is 5.78 Å². The summed E-state index contributed by atoms with van der Waals surface area (Å²) in [6.07, 6.45) is 8.00. The molecule has 170 valence electrons. The number of esters is 1. The highest BCUT2D eigenvalue weighted by molar-refractivity contribution is 6.11. The van der Waals surface area contributed by atoms with E-state index in [0.717, 1.165) is 19.3 Å². The summed E-state index contributed by atoms with van der Waals surface area (Å²) in [5.41, 5.74) is 2.36. The van der Waals surface area contributed by atoms with Crippen LogP contribution in [0.25, 0.3) is 0 Å². The van der Waals surface area contributed by atoms with Crippen LogP contribution in [0.2, 0.25) is 0 Å². The van der Waals surface area contributed by atoms with Gasteiger partial charge in [-0.1, -0.05) is 30.2 Å². The molecule has 0 aliphatic carbocycles. The lowest BCUT2D eigenvalue weighted by molar-refractivity contribution is -0.149. The number of ether oxygens (including phenoxy) is 3. The first-order chi connectivity index (χ1) is 14.6. The SMILES string of the molecule is COc1ccc(C(=O)[C@H]2C(=O)O[C@](C)(CC/C=C(\C)CCC=C(C)C)[C@@H]2C)c(OC)c1. The maximum Gasteiger partial charge on any atom is 0.317 e. The fourth-order valence-corrected chi connectivity index (χ4v) is 4.02. The van der Waals surface area contributed by atoms with Crippen LogP contribution in [0.3, 0.4) is 0 Å². The third-order valence-electron chi connectivity index (χ3n) is 6.23. The van der Waals surface area contributed by atoms with Crippen LogP contribution in [-0.4, -0.2) is 31.6 Å². The minimum Gasteiger partial charge on any atom is -0.497 e. The second-order valence-corrected chi connectivity index (χ2v) is 8.84. The van der Waals surface area contributed by atoms with Crippen molar-refractivity contribution >= 4 is 11.8 Å². The Balaban J connectivity index is 2.10. The van der Waals surface area contributed by atoms with Crippen LogP contribution in [0.4, 0.5) is 0 Å². The molecule has 1 saturated heterocycles. The Kier molecular flexibility index (Phi) is 8.49. The van der Waals surface area contributed by atoms with Gasteiger partial charge in [0.1, 0.15) is 23.0 Å². The summed E-state index contributed by atoms with van der Waals surface area (Å²) in [5, 5.41) is 0. The summed E-state index contributed by atoms with van der Waals surface area (Å²) in [6.45, 7) is 10.2. The number of hydrogen-bond donors (Lipinski definition) is 0. The van der Waals surface area contributed by atoms with Crippen molar-refractivity contribution in [1.29, 1.82) is 0 Å². The zero-order valence-electron chi connectivity index (χ0n) is 19.9.